The van der Waals surface area contributed by atoms with Crippen molar-refractivity contribution in [3.05, 3.63) is 96.1 Å². The number of rotatable bonds is 11. The van der Waals surface area contributed by atoms with E-state index in [9.17, 15) is 9.59 Å². The molecular weight excluding hydrogens is 464 g/mol. The maximum atomic E-state index is 13.9. The molecule has 0 radical (unpaired) electrons. The lowest BCUT2D eigenvalue weighted by Gasteiger charge is -2.21. The molecule has 0 fully saturated rings. The van der Waals surface area contributed by atoms with Gasteiger partial charge in [0.25, 0.3) is 5.91 Å². The fourth-order valence-corrected chi connectivity index (χ4v) is 4.31. The van der Waals surface area contributed by atoms with Gasteiger partial charge in [-0.1, -0.05) is 85.8 Å². The molecule has 0 saturated carbocycles. The molecular formula is C31H32N2O4. The molecule has 190 valence electrons. The second kappa shape index (κ2) is 12.7. The highest BCUT2D eigenvalue weighted by atomic mass is 16.5. The monoisotopic (exact) mass is 496 g/mol. The van der Waals surface area contributed by atoms with E-state index in [2.05, 4.69) is 5.32 Å². The van der Waals surface area contributed by atoms with Gasteiger partial charge in [0.2, 0.25) is 0 Å². The molecule has 3 aromatic carbocycles. The summed E-state index contributed by atoms with van der Waals surface area (Å²) in [6.07, 6.45) is 1.44. The van der Waals surface area contributed by atoms with Gasteiger partial charge in [0.05, 0.1) is 30.3 Å². The highest BCUT2D eigenvalue weighted by molar-refractivity contribution is 6.10. The van der Waals surface area contributed by atoms with Gasteiger partial charge in [-0.2, -0.15) is 0 Å². The van der Waals surface area contributed by atoms with Gasteiger partial charge in [-0.3, -0.25) is 9.59 Å². The van der Waals surface area contributed by atoms with Crippen LogP contribution in [0.4, 0.5) is 0 Å². The number of hydrogen-bond acceptors (Lipinski definition) is 5. The van der Waals surface area contributed by atoms with E-state index in [0.717, 1.165) is 17.5 Å². The smallest absolute Gasteiger partial charge is 0.305 e. The predicted molar refractivity (Wildman–Crippen MR) is 145 cm³/mol. The van der Waals surface area contributed by atoms with Crippen molar-refractivity contribution >= 4 is 22.8 Å². The van der Waals surface area contributed by atoms with E-state index in [4.69, 9.17) is 14.5 Å². The summed E-state index contributed by atoms with van der Waals surface area (Å²) in [5.74, 6) is -0.0846. The van der Waals surface area contributed by atoms with Crippen LogP contribution in [-0.4, -0.2) is 30.1 Å². The molecule has 1 heterocycles. The lowest BCUT2D eigenvalue weighted by molar-refractivity contribution is -0.143. The van der Waals surface area contributed by atoms with Crippen LogP contribution in [0.3, 0.4) is 0 Å². The molecule has 1 N–H and O–H groups in total. The number of fused-ring (bicyclic) bond motifs is 1. The fraction of sp³-hybridized carbons (Fsp3) is 0.258. The first kappa shape index (κ1) is 25.9. The predicted octanol–water partition coefficient (Wildman–Crippen LogP) is 6.51. The van der Waals surface area contributed by atoms with Crippen molar-refractivity contribution in [1.82, 2.24) is 10.3 Å². The molecule has 1 amide bonds. The van der Waals surface area contributed by atoms with E-state index >= 15 is 0 Å². The lowest BCUT2D eigenvalue weighted by atomic mass is 10.00. The summed E-state index contributed by atoms with van der Waals surface area (Å²) in [6, 6.07) is 27.1. The number of pyridine rings is 1. The minimum atomic E-state index is -0.266. The Morgan fingerprint density at radius 3 is 2.27 bits per heavy atom. The number of ether oxygens (including phenoxy) is 2. The zero-order valence-corrected chi connectivity index (χ0v) is 21.3. The molecule has 1 unspecified atom stereocenters. The van der Waals surface area contributed by atoms with Crippen molar-refractivity contribution in [2.45, 2.75) is 39.2 Å². The van der Waals surface area contributed by atoms with E-state index in [1.165, 1.54) is 0 Å². The summed E-state index contributed by atoms with van der Waals surface area (Å²) in [7, 11) is 0. The number of para-hydroxylation sites is 1. The van der Waals surface area contributed by atoms with E-state index < -0.39 is 0 Å². The third kappa shape index (κ3) is 6.33. The first-order valence-electron chi connectivity index (χ1n) is 12.7. The topological polar surface area (TPSA) is 77.5 Å². The first-order valence-corrected chi connectivity index (χ1v) is 12.7. The lowest BCUT2D eigenvalue weighted by Crippen LogP contribution is -2.29. The SMILES string of the molecule is CCOC(=O)CCCOc1c(-c2ccccc2)nc2ccccc2c1C(=O)NC(CC)c1ccccc1. The van der Waals surface area contributed by atoms with E-state index in [-0.39, 0.29) is 30.9 Å². The van der Waals surface area contributed by atoms with Crippen molar-refractivity contribution in [3.63, 3.8) is 0 Å². The van der Waals surface area contributed by atoms with Crippen LogP contribution in [0.5, 0.6) is 5.75 Å². The summed E-state index contributed by atoms with van der Waals surface area (Å²) in [5.41, 5.74) is 3.62. The maximum Gasteiger partial charge on any atom is 0.305 e. The van der Waals surface area contributed by atoms with Crippen molar-refractivity contribution in [2.75, 3.05) is 13.2 Å². The van der Waals surface area contributed by atoms with Gasteiger partial charge in [0, 0.05) is 17.4 Å². The Labute approximate surface area is 217 Å². The molecule has 6 nitrogen and oxygen atoms in total. The highest BCUT2D eigenvalue weighted by Gasteiger charge is 2.25. The van der Waals surface area contributed by atoms with Crippen LogP contribution in [0, 0.1) is 0 Å². The van der Waals surface area contributed by atoms with Crippen molar-refractivity contribution in [2.24, 2.45) is 0 Å². The Balaban J connectivity index is 1.76. The Morgan fingerprint density at radius 1 is 0.892 bits per heavy atom. The standard InChI is InChI=1S/C31H32N2O4/c1-3-25(22-14-7-5-8-15-22)33-31(35)28-24-18-11-12-19-26(24)32-29(23-16-9-6-10-17-23)30(28)37-21-13-20-27(34)36-4-2/h5-12,14-19,25H,3-4,13,20-21H2,1-2H3,(H,33,35). The summed E-state index contributed by atoms with van der Waals surface area (Å²) >= 11 is 0. The van der Waals surface area contributed by atoms with Gasteiger partial charge in [0.15, 0.2) is 5.75 Å². The normalized spacial score (nSPS) is 11.6. The average Bonchev–Trinajstić information content (AvgIpc) is 2.94. The molecule has 4 aromatic rings. The zero-order chi connectivity index (χ0) is 26.0. The number of nitrogens with one attached hydrogen (secondary N) is 1. The number of hydrogen-bond donors (Lipinski definition) is 1. The Hall–Kier alpha value is -4.19. The molecule has 6 heteroatoms. The highest BCUT2D eigenvalue weighted by Crippen LogP contribution is 2.37. The number of aromatic nitrogens is 1. The third-order valence-electron chi connectivity index (χ3n) is 6.11. The molecule has 37 heavy (non-hydrogen) atoms. The Kier molecular flexibility index (Phi) is 8.87. The van der Waals surface area contributed by atoms with Crippen LogP contribution in [-0.2, 0) is 9.53 Å². The molecule has 4 rings (SSSR count). The largest absolute Gasteiger partial charge is 0.490 e. The van der Waals surface area contributed by atoms with E-state index in [1.54, 1.807) is 6.92 Å². The minimum absolute atomic E-state index is 0.155. The molecule has 0 bridgehead atoms. The average molecular weight is 497 g/mol. The molecule has 1 atom stereocenters. The minimum Gasteiger partial charge on any atom is -0.490 e. The number of esters is 1. The number of carbonyl (C=O) groups is 2. The third-order valence-corrected chi connectivity index (χ3v) is 6.11. The fourth-order valence-electron chi connectivity index (χ4n) is 4.31. The van der Waals surface area contributed by atoms with Crippen LogP contribution < -0.4 is 10.1 Å². The van der Waals surface area contributed by atoms with Crippen molar-refractivity contribution in [3.8, 4) is 17.0 Å². The summed E-state index contributed by atoms with van der Waals surface area (Å²) in [5, 5.41) is 3.93. The number of amides is 1. The number of nitrogens with zero attached hydrogens (tertiary/aromatic N) is 1. The summed E-state index contributed by atoms with van der Waals surface area (Å²) in [6.45, 7) is 4.42. The molecule has 0 aliphatic carbocycles. The second-order valence-corrected chi connectivity index (χ2v) is 8.65. The van der Waals surface area contributed by atoms with Crippen LogP contribution in [0.1, 0.15) is 55.1 Å². The van der Waals surface area contributed by atoms with Gasteiger partial charge < -0.3 is 14.8 Å². The van der Waals surface area contributed by atoms with Crippen molar-refractivity contribution in [1.29, 1.82) is 0 Å². The molecule has 0 aliphatic rings. The first-order chi connectivity index (χ1) is 18.1. The zero-order valence-electron chi connectivity index (χ0n) is 21.3. The van der Waals surface area contributed by atoms with Gasteiger partial charge in [-0.15, -0.1) is 0 Å². The number of carbonyl (C=O) groups excluding carboxylic acids is 2. The van der Waals surface area contributed by atoms with Crippen LogP contribution in [0.25, 0.3) is 22.2 Å². The molecule has 1 aromatic heterocycles. The Bertz CT molecular complexity index is 1340. The van der Waals surface area contributed by atoms with Gasteiger partial charge in [-0.05, 0) is 31.4 Å². The maximum absolute atomic E-state index is 13.9. The quantitative estimate of drug-likeness (QED) is 0.189. The van der Waals surface area contributed by atoms with Gasteiger partial charge in [0.1, 0.15) is 5.69 Å². The molecule has 0 aliphatic heterocycles. The van der Waals surface area contributed by atoms with E-state index in [0.29, 0.717) is 40.9 Å². The van der Waals surface area contributed by atoms with Crippen LogP contribution in [0.2, 0.25) is 0 Å². The van der Waals surface area contributed by atoms with Crippen LogP contribution in [0.15, 0.2) is 84.9 Å². The Morgan fingerprint density at radius 2 is 1.57 bits per heavy atom. The van der Waals surface area contributed by atoms with Crippen LogP contribution >= 0.6 is 0 Å². The molecule has 0 saturated heterocycles. The summed E-state index contributed by atoms with van der Waals surface area (Å²) in [4.78, 5) is 30.7. The number of benzene rings is 3. The second-order valence-electron chi connectivity index (χ2n) is 8.65. The van der Waals surface area contributed by atoms with Gasteiger partial charge >= 0.3 is 5.97 Å². The molecule has 0 spiro atoms. The summed E-state index contributed by atoms with van der Waals surface area (Å²) < 4.78 is 11.3. The van der Waals surface area contributed by atoms with E-state index in [1.807, 2.05) is 91.9 Å². The van der Waals surface area contributed by atoms with Crippen molar-refractivity contribution < 1.29 is 19.1 Å². The van der Waals surface area contributed by atoms with Gasteiger partial charge in [-0.25, -0.2) is 4.98 Å².